The minimum absolute atomic E-state index is 0. The van der Waals surface area contributed by atoms with E-state index in [0.29, 0.717) is 0 Å². The van der Waals surface area contributed by atoms with Gasteiger partial charge in [-0.15, -0.1) is 0 Å². The molecule has 0 aliphatic heterocycles. The van der Waals surface area contributed by atoms with E-state index in [1.165, 1.54) is 11.1 Å². The maximum Gasteiger partial charge on any atom is 1.00 e. The van der Waals surface area contributed by atoms with Crippen LogP contribution in [0.15, 0.2) is 33.3 Å². The standard InChI is InChI=1S/C14H10Br2ClNS.Cs/c15-9-3-8-2-1-7-4-12(17)11(16)5-10(7)14(19)13(8)18-6-9;/h3-6,14,19H,1-2H2;/q;+1/p-1. The Kier molecular flexibility index (Phi) is 7.10. The van der Waals surface area contributed by atoms with Crippen molar-refractivity contribution in [2.24, 2.45) is 0 Å². The first-order valence-electron chi connectivity index (χ1n) is 5.84. The van der Waals surface area contributed by atoms with Gasteiger partial charge >= 0.3 is 68.9 Å². The average molecular weight is 551 g/mol. The van der Waals surface area contributed by atoms with Crippen LogP contribution in [0, 0.1) is 0 Å². The van der Waals surface area contributed by atoms with Crippen LogP contribution in [-0.4, -0.2) is 4.98 Å². The summed E-state index contributed by atoms with van der Waals surface area (Å²) in [6.07, 6.45) is 3.70. The third-order valence-electron chi connectivity index (χ3n) is 3.34. The Bertz CT molecular complexity index is 666. The number of aryl methyl sites for hydroxylation is 2. The fraction of sp³-hybridized carbons (Fsp3) is 0.214. The Hall–Kier alpha value is 2.02. The van der Waals surface area contributed by atoms with E-state index in [1.54, 1.807) is 0 Å². The summed E-state index contributed by atoms with van der Waals surface area (Å²) in [7, 11) is 0. The van der Waals surface area contributed by atoms with Crippen LogP contribution in [0.1, 0.15) is 27.6 Å². The first-order chi connectivity index (χ1) is 9.06. The van der Waals surface area contributed by atoms with E-state index in [0.717, 1.165) is 38.1 Å². The van der Waals surface area contributed by atoms with Crippen LogP contribution < -0.4 is 68.9 Å². The van der Waals surface area contributed by atoms with Gasteiger partial charge in [-0.05, 0) is 74.0 Å². The summed E-state index contributed by atoms with van der Waals surface area (Å²) in [6.45, 7) is 0. The molecule has 98 valence electrons. The molecule has 1 heterocycles. The number of aromatic nitrogens is 1. The molecule has 0 amide bonds. The van der Waals surface area contributed by atoms with Gasteiger partial charge in [0.05, 0.1) is 5.02 Å². The SMILES string of the molecule is [Cs+].[S-]C1c2cc(Br)c(Cl)cc2CCc2cc(Br)cnc21. The second-order valence-corrected chi connectivity index (χ2v) is 7.19. The molecule has 1 atom stereocenters. The summed E-state index contributed by atoms with van der Waals surface area (Å²) >= 11 is 18.8. The molecule has 2 aromatic rings. The fourth-order valence-corrected chi connectivity index (χ4v) is 3.77. The third kappa shape index (κ3) is 3.74. The molecule has 0 fully saturated rings. The molecule has 1 nitrogen and oxygen atoms in total. The number of rotatable bonds is 0. The quantitative estimate of drug-likeness (QED) is 0.465. The molecule has 3 rings (SSSR count). The minimum atomic E-state index is -0.117. The summed E-state index contributed by atoms with van der Waals surface area (Å²) in [5.41, 5.74) is 4.58. The Morgan fingerprint density at radius 1 is 1.15 bits per heavy atom. The molecule has 20 heavy (non-hydrogen) atoms. The number of fused-ring (bicyclic) bond motifs is 2. The van der Waals surface area contributed by atoms with Gasteiger partial charge in [0.25, 0.3) is 0 Å². The molecule has 0 spiro atoms. The van der Waals surface area contributed by atoms with Crippen molar-refractivity contribution in [3.05, 3.63) is 60.7 Å². The van der Waals surface area contributed by atoms with E-state index in [-0.39, 0.29) is 74.1 Å². The number of nitrogens with zero attached hydrogens (tertiary/aromatic N) is 1. The first-order valence-corrected chi connectivity index (χ1v) is 8.28. The van der Waals surface area contributed by atoms with Gasteiger partial charge in [0.15, 0.2) is 0 Å². The molecule has 0 saturated heterocycles. The molecule has 6 heteroatoms. The molecular formula is C14H9Br2ClCsNS. The topological polar surface area (TPSA) is 12.9 Å². The number of pyridine rings is 1. The van der Waals surface area contributed by atoms with Crippen LogP contribution in [0.4, 0.5) is 0 Å². The van der Waals surface area contributed by atoms with Crippen molar-refractivity contribution in [2.45, 2.75) is 18.1 Å². The zero-order chi connectivity index (χ0) is 13.6. The van der Waals surface area contributed by atoms with Crippen molar-refractivity contribution in [1.82, 2.24) is 4.98 Å². The molecule has 0 radical (unpaired) electrons. The minimum Gasteiger partial charge on any atom is -0.778 e. The van der Waals surface area contributed by atoms with Crippen LogP contribution in [-0.2, 0) is 25.5 Å². The first kappa shape index (κ1) is 18.4. The smallest absolute Gasteiger partial charge is 0.778 e. The summed E-state index contributed by atoms with van der Waals surface area (Å²) in [5.74, 6) is 0. The Balaban J connectivity index is 0.00000147. The van der Waals surface area contributed by atoms with Crippen molar-refractivity contribution in [3.63, 3.8) is 0 Å². The maximum atomic E-state index is 6.18. The molecule has 0 bridgehead atoms. The van der Waals surface area contributed by atoms with E-state index in [1.807, 2.05) is 18.3 Å². The summed E-state index contributed by atoms with van der Waals surface area (Å²) in [4.78, 5) is 4.51. The second kappa shape index (κ2) is 7.73. The molecule has 0 N–H and O–H groups in total. The average Bonchev–Trinajstić information content (AvgIpc) is 2.50. The third-order valence-corrected chi connectivity index (χ3v) is 5.45. The molecule has 1 aromatic carbocycles. The van der Waals surface area contributed by atoms with E-state index >= 15 is 0 Å². The second-order valence-electron chi connectivity index (χ2n) is 4.54. The van der Waals surface area contributed by atoms with Gasteiger partial charge in [0.2, 0.25) is 0 Å². The fourth-order valence-electron chi connectivity index (χ4n) is 2.41. The monoisotopic (exact) mass is 549 g/mol. The van der Waals surface area contributed by atoms with Crippen LogP contribution >= 0.6 is 43.5 Å². The maximum absolute atomic E-state index is 6.18. The van der Waals surface area contributed by atoms with E-state index in [2.05, 4.69) is 42.9 Å². The number of hydrogen-bond acceptors (Lipinski definition) is 2. The Morgan fingerprint density at radius 2 is 1.85 bits per heavy atom. The van der Waals surface area contributed by atoms with E-state index in [4.69, 9.17) is 24.2 Å². The molecule has 1 aliphatic rings. The van der Waals surface area contributed by atoms with Crippen molar-refractivity contribution in [2.75, 3.05) is 0 Å². The Morgan fingerprint density at radius 3 is 2.60 bits per heavy atom. The number of hydrogen-bond donors (Lipinski definition) is 0. The van der Waals surface area contributed by atoms with Crippen LogP contribution in [0.5, 0.6) is 0 Å². The molecule has 1 aliphatic carbocycles. The zero-order valence-corrected chi connectivity index (χ0v) is 21.8. The van der Waals surface area contributed by atoms with Gasteiger partial charge in [0.1, 0.15) is 0 Å². The van der Waals surface area contributed by atoms with Gasteiger partial charge < -0.3 is 12.6 Å². The van der Waals surface area contributed by atoms with Crippen molar-refractivity contribution in [3.8, 4) is 0 Å². The van der Waals surface area contributed by atoms with Gasteiger partial charge in [-0.2, -0.15) is 0 Å². The largest absolute Gasteiger partial charge is 1.00 e. The normalized spacial score (nSPS) is 16.7. The van der Waals surface area contributed by atoms with Gasteiger partial charge in [0, 0.05) is 20.8 Å². The Labute approximate surface area is 204 Å². The molecule has 1 unspecified atom stereocenters. The van der Waals surface area contributed by atoms with E-state index in [9.17, 15) is 0 Å². The summed E-state index contributed by atoms with van der Waals surface area (Å²) in [6, 6.07) is 6.17. The predicted molar refractivity (Wildman–Crippen MR) is 87.7 cm³/mol. The van der Waals surface area contributed by atoms with Gasteiger partial charge in [-0.3, -0.25) is 4.98 Å². The zero-order valence-electron chi connectivity index (χ0n) is 10.8. The number of halogens is 3. The van der Waals surface area contributed by atoms with Crippen LogP contribution in [0.3, 0.4) is 0 Å². The summed E-state index contributed by atoms with van der Waals surface area (Å²) < 4.78 is 1.89. The van der Waals surface area contributed by atoms with Crippen molar-refractivity contribution < 1.29 is 68.9 Å². The molecule has 0 saturated carbocycles. The van der Waals surface area contributed by atoms with Crippen molar-refractivity contribution in [1.29, 1.82) is 0 Å². The molecular weight excluding hydrogens is 542 g/mol. The number of benzene rings is 1. The van der Waals surface area contributed by atoms with Crippen molar-refractivity contribution >= 4 is 56.1 Å². The van der Waals surface area contributed by atoms with Crippen LogP contribution in [0.2, 0.25) is 5.02 Å². The van der Waals surface area contributed by atoms with Gasteiger partial charge in [-0.1, -0.05) is 22.4 Å². The van der Waals surface area contributed by atoms with E-state index < -0.39 is 0 Å². The summed E-state index contributed by atoms with van der Waals surface area (Å²) in [5, 5.41) is 0.621. The molecule has 1 aromatic heterocycles. The van der Waals surface area contributed by atoms with Gasteiger partial charge in [-0.25, -0.2) is 0 Å². The van der Waals surface area contributed by atoms with Crippen LogP contribution in [0.25, 0.3) is 0 Å². The predicted octanol–water partition coefficient (Wildman–Crippen LogP) is 2.00.